The molecule has 0 fully saturated rings. The Balaban J connectivity index is 1.90. The summed E-state index contributed by atoms with van der Waals surface area (Å²) in [6.45, 7) is -0.461. The fraction of sp³-hybridized carbons (Fsp3) is 0.174. The molecular formula is C23H22Cl2N2O5S. The standard InChI is InChI=1S/C23H22Cl2N2O5S/c1-31-21-13-20(22(32-2)12-19(21)25)26-23(28)15-27(14-16-8-10-17(24)11-9-16)33(29,30)18-6-4-3-5-7-18/h3-13H,14-15H2,1-2H3,(H,26,28). The molecule has 33 heavy (non-hydrogen) atoms. The van der Waals surface area contributed by atoms with E-state index in [0.717, 1.165) is 4.31 Å². The van der Waals surface area contributed by atoms with Gasteiger partial charge in [-0.25, -0.2) is 8.42 Å². The Morgan fingerprint density at radius 2 is 1.58 bits per heavy atom. The molecule has 0 radical (unpaired) electrons. The van der Waals surface area contributed by atoms with E-state index in [0.29, 0.717) is 32.8 Å². The van der Waals surface area contributed by atoms with Crippen molar-refractivity contribution < 1.29 is 22.7 Å². The maximum atomic E-state index is 13.3. The highest BCUT2D eigenvalue weighted by atomic mass is 35.5. The zero-order chi connectivity index (χ0) is 24.0. The summed E-state index contributed by atoms with van der Waals surface area (Å²) in [5.74, 6) is 0.0816. The molecule has 3 aromatic carbocycles. The van der Waals surface area contributed by atoms with Gasteiger partial charge in [-0.1, -0.05) is 53.5 Å². The number of nitrogens with zero attached hydrogens (tertiary/aromatic N) is 1. The van der Waals surface area contributed by atoms with Crippen LogP contribution in [0.2, 0.25) is 10.0 Å². The van der Waals surface area contributed by atoms with Gasteiger partial charge in [-0.2, -0.15) is 4.31 Å². The Morgan fingerprint density at radius 1 is 0.939 bits per heavy atom. The molecular weight excluding hydrogens is 487 g/mol. The smallest absolute Gasteiger partial charge is 0.243 e. The van der Waals surface area contributed by atoms with Crippen LogP contribution in [-0.4, -0.2) is 39.4 Å². The molecule has 0 heterocycles. The topological polar surface area (TPSA) is 84.9 Å². The zero-order valence-corrected chi connectivity index (χ0v) is 20.2. The van der Waals surface area contributed by atoms with Crippen LogP contribution in [0.25, 0.3) is 0 Å². The summed E-state index contributed by atoms with van der Waals surface area (Å²) in [6, 6.07) is 17.7. The van der Waals surface area contributed by atoms with Gasteiger partial charge in [-0.15, -0.1) is 0 Å². The summed E-state index contributed by atoms with van der Waals surface area (Å²) in [6.07, 6.45) is 0. The molecule has 174 valence electrons. The molecule has 0 saturated carbocycles. The first kappa shape index (κ1) is 24.9. The molecule has 0 saturated heterocycles. The van der Waals surface area contributed by atoms with Gasteiger partial charge in [0, 0.05) is 23.7 Å². The van der Waals surface area contributed by atoms with Crippen LogP contribution < -0.4 is 14.8 Å². The van der Waals surface area contributed by atoms with Gasteiger partial charge >= 0.3 is 0 Å². The average Bonchev–Trinajstić information content (AvgIpc) is 2.81. The van der Waals surface area contributed by atoms with E-state index in [1.54, 1.807) is 42.5 Å². The second kappa shape index (κ2) is 10.9. The number of methoxy groups -OCH3 is 2. The van der Waals surface area contributed by atoms with Crippen molar-refractivity contribution in [3.63, 3.8) is 0 Å². The lowest BCUT2D eigenvalue weighted by Crippen LogP contribution is -2.37. The van der Waals surface area contributed by atoms with Crippen molar-refractivity contribution in [2.75, 3.05) is 26.1 Å². The number of amides is 1. The molecule has 1 N–H and O–H groups in total. The summed E-state index contributed by atoms with van der Waals surface area (Å²) in [7, 11) is -1.09. The lowest BCUT2D eigenvalue weighted by molar-refractivity contribution is -0.116. The summed E-state index contributed by atoms with van der Waals surface area (Å²) in [5.41, 5.74) is 0.977. The number of rotatable bonds is 9. The average molecular weight is 509 g/mol. The molecule has 7 nitrogen and oxygen atoms in total. The molecule has 3 rings (SSSR count). The van der Waals surface area contributed by atoms with E-state index in [1.807, 2.05) is 0 Å². The maximum Gasteiger partial charge on any atom is 0.243 e. The van der Waals surface area contributed by atoms with Gasteiger partial charge in [0.15, 0.2) is 0 Å². The van der Waals surface area contributed by atoms with Crippen LogP contribution in [0, 0.1) is 0 Å². The van der Waals surface area contributed by atoms with Gasteiger partial charge in [-0.3, -0.25) is 4.79 Å². The van der Waals surface area contributed by atoms with Crippen molar-refractivity contribution in [1.82, 2.24) is 4.31 Å². The van der Waals surface area contributed by atoms with Crippen molar-refractivity contribution in [3.8, 4) is 11.5 Å². The molecule has 0 unspecified atom stereocenters. The van der Waals surface area contributed by atoms with Gasteiger partial charge in [0.2, 0.25) is 15.9 Å². The van der Waals surface area contributed by atoms with Gasteiger partial charge in [0.1, 0.15) is 11.5 Å². The predicted octanol–water partition coefficient (Wildman–Crippen LogP) is 4.84. The number of anilines is 1. The number of carbonyl (C=O) groups excluding carboxylic acids is 1. The minimum absolute atomic E-state index is 0.0249. The number of benzene rings is 3. The Labute approximate surface area is 202 Å². The van der Waals surface area contributed by atoms with E-state index >= 15 is 0 Å². The van der Waals surface area contributed by atoms with Gasteiger partial charge in [-0.05, 0) is 29.8 Å². The van der Waals surface area contributed by atoms with E-state index in [1.165, 1.54) is 38.5 Å². The molecule has 0 atom stereocenters. The Hall–Kier alpha value is -2.78. The molecule has 0 aliphatic heterocycles. The molecule has 0 spiro atoms. The van der Waals surface area contributed by atoms with E-state index in [4.69, 9.17) is 32.7 Å². The Bertz CT molecular complexity index is 1220. The Kier molecular flexibility index (Phi) is 8.20. The largest absolute Gasteiger partial charge is 0.495 e. The monoisotopic (exact) mass is 508 g/mol. The van der Waals surface area contributed by atoms with E-state index in [-0.39, 0.29) is 11.4 Å². The fourth-order valence-electron chi connectivity index (χ4n) is 3.07. The third kappa shape index (κ3) is 6.17. The van der Waals surface area contributed by atoms with Gasteiger partial charge < -0.3 is 14.8 Å². The summed E-state index contributed by atoms with van der Waals surface area (Å²) < 4.78 is 38.2. The maximum absolute atomic E-state index is 13.3. The van der Waals surface area contributed by atoms with Crippen LogP contribution in [0.15, 0.2) is 71.6 Å². The van der Waals surface area contributed by atoms with E-state index in [9.17, 15) is 13.2 Å². The lowest BCUT2D eigenvalue weighted by atomic mass is 10.2. The Morgan fingerprint density at radius 3 is 2.18 bits per heavy atom. The predicted molar refractivity (Wildman–Crippen MR) is 129 cm³/mol. The first-order chi connectivity index (χ1) is 15.7. The van der Waals surface area contributed by atoms with E-state index < -0.39 is 22.5 Å². The molecule has 3 aromatic rings. The van der Waals surface area contributed by atoms with Crippen LogP contribution >= 0.6 is 23.2 Å². The second-order valence-corrected chi connectivity index (χ2v) is 9.73. The summed E-state index contributed by atoms with van der Waals surface area (Å²) in [4.78, 5) is 13.0. The summed E-state index contributed by atoms with van der Waals surface area (Å²) >= 11 is 12.1. The highest BCUT2D eigenvalue weighted by Gasteiger charge is 2.27. The van der Waals surface area contributed by atoms with Crippen molar-refractivity contribution in [3.05, 3.63) is 82.3 Å². The number of hydrogen-bond acceptors (Lipinski definition) is 5. The number of nitrogens with one attached hydrogen (secondary N) is 1. The molecule has 10 heteroatoms. The molecule has 0 aromatic heterocycles. The highest BCUT2D eigenvalue weighted by molar-refractivity contribution is 7.89. The molecule has 0 aliphatic carbocycles. The number of carbonyl (C=O) groups is 1. The first-order valence-electron chi connectivity index (χ1n) is 9.75. The third-order valence-corrected chi connectivity index (χ3v) is 7.07. The molecule has 1 amide bonds. The van der Waals surface area contributed by atoms with Crippen molar-refractivity contribution >= 4 is 44.8 Å². The number of sulfonamides is 1. The summed E-state index contributed by atoms with van der Waals surface area (Å²) in [5, 5.41) is 3.52. The number of ether oxygens (including phenoxy) is 2. The zero-order valence-electron chi connectivity index (χ0n) is 17.9. The minimum Gasteiger partial charge on any atom is -0.495 e. The normalized spacial score (nSPS) is 11.3. The molecule has 0 bridgehead atoms. The van der Waals surface area contributed by atoms with Crippen LogP contribution in [-0.2, 0) is 21.4 Å². The van der Waals surface area contributed by atoms with Crippen LogP contribution in [0.4, 0.5) is 5.69 Å². The van der Waals surface area contributed by atoms with E-state index in [2.05, 4.69) is 5.32 Å². The van der Waals surface area contributed by atoms with Gasteiger partial charge in [0.05, 0.1) is 36.4 Å². The van der Waals surface area contributed by atoms with Crippen LogP contribution in [0.5, 0.6) is 11.5 Å². The van der Waals surface area contributed by atoms with Crippen LogP contribution in [0.3, 0.4) is 0 Å². The molecule has 0 aliphatic rings. The quantitative estimate of drug-likeness (QED) is 0.446. The highest BCUT2D eigenvalue weighted by Crippen LogP contribution is 2.36. The van der Waals surface area contributed by atoms with Crippen molar-refractivity contribution in [2.45, 2.75) is 11.4 Å². The minimum atomic E-state index is -3.97. The van der Waals surface area contributed by atoms with Crippen molar-refractivity contribution in [2.24, 2.45) is 0 Å². The van der Waals surface area contributed by atoms with Crippen LogP contribution in [0.1, 0.15) is 5.56 Å². The first-order valence-corrected chi connectivity index (χ1v) is 11.9. The fourth-order valence-corrected chi connectivity index (χ4v) is 4.83. The number of halogens is 2. The lowest BCUT2D eigenvalue weighted by Gasteiger charge is -2.22. The second-order valence-electron chi connectivity index (χ2n) is 6.95. The SMILES string of the molecule is COc1cc(NC(=O)CN(Cc2ccc(Cl)cc2)S(=O)(=O)c2ccccc2)c(OC)cc1Cl. The van der Waals surface area contributed by atoms with Gasteiger partial charge in [0.25, 0.3) is 0 Å². The number of hydrogen-bond donors (Lipinski definition) is 1. The third-order valence-electron chi connectivity index (χ3n) is 4.72. The van der Waals surface area contributed by atoms with Crippen molar-refractivity contribution in [1.29, 1.82) is 0 Å².